The summed E-state index contributed by atoms with van der Waals surface area (Å²) in [7, 11) is 0. The van der Waals surface area contributed by atoms with Gasteiger partial charge in [0, 0.05) is 0 Å². The van der Waals surface area contributed by atoms with Gasteiger partial charge >= 0.3 is 6.18 Å². The third-order valence-electron chi connectivity index (χ3n) is 2.58. The summed E-state index contributed by atoms with van der Waals surface area (Å²) in [6, 6.07) is 0. The van der Waals surface area contributed by atoms with Crippen molar-refractivity contribution in [1.29, 1.82) is 0 Å². The maximum atomic E-state index is 12.7. The number of nitrogens with zero attached hydrogens (tertiary/aromatic N) is 4. The first-order chi connectivity index (χ1) is 9.95. The molecule has 3 aromatic rings. The predicted octanol–water partition coefficient (Wildman–Crippen LogP) is 2.63. The minimum atomic E-state index is -4.61. The Balaban J connectivity index is 1.87. The predicted molar refractivity (Wildman–Crippen MR) is 65.5 cm³/mol. The van der Waals surface area contributed by atoms with E-state index in [1.807, 2.05) is 0 Å². The van der Waals surface area contributed by atoms with Crippen LogP contribution in [-0.2, 0) is 12.7 Å². The Bertz CT molecular complexity index is 783. The molecule has 0 radical (unpaired) electrons. The topological polar surface area (TPSA) is 92.5 Å². The van der Waals surface area contributed by atoms with Crippen LogP contribution in [0.1, 0.15) is 11.5 Å². The van der Waals surface area contributed by atoms with Crippen molar-refractivity contribution in [2.75, 3.05) is 5.32 Å². The normalized spacial score (nSPS) is 12.0. The number of hydrogen-bond donors (Lipinski definition) is 2. The first kappa shape index (κ1) is 13.6. The van der Waals surface area contributed by atoms with E-state index in [0.717, 1.165) is 6.39 Å². The fourth-order valence-corrected chi connectivity index (χ4v) is 1.89. The molecule has 0 amide bonds. The van der Waals surface area contributed by atoms with E-state index < -0.39 is 11.9 Å². The van der Waals surface area contributed by atoms with E-state index >= 15 is 0 Å². The van der Waals surface area contributed by atoms with Gasteiger partial charge in [-0.05, 0) is 11.6 Å². The molecular formula is C10H6ClF3N6O. The molecule has 0 aliphatic heterocycles. The van der Waals surface area contributed by atoms with Crippen LogP contribution in [0.2, 0.25) is 5.28 Å². The second-order valence-corrected chi connectivity index (χ2v) is 4.26. The lowest BCUT2D eigenvalue weighted by Gasteiger charge is -2.07. The van der Waals surface area contributed by atoms with Gasteiger partial charge in [-0.3, -0.25) is 0 Å². The molecule has 0 bridgehead atoms. The summed E-state index contributed by atoms with van der Waals surface area (Å²) in [5.41, 5.74) is 0.440. The summed E-state index contributed by atoms with van der Waals surface area (Å²) in [6.45, 7) is -0.243. The Morgan fingerprint density at radius 1 is 1.29 bits per heavy atom. The van der Waals surface area contributed by atoms with Gasteiger partial charge < -0.3 is 14.7 Å². The molecule has 3 aromatic heterocycles. The summed E-state index contributed by atoms with van der Waals surface area (Å²) < 4.78 is 42.3. The Morgan fingerprint density at radius 2 is 2.10 bits per heavy atom. The summed E-state index contributed by atoms with van der Waals surface area (Å²) in [6.07, 6.45) is -2.50. The molecule has 0 aliphatic carbocycles. The molecule has 0 aliphatic rings. The maximum absolute atomic E-state index is 12.7. The number of rotatable bonds is 3. The van der Waals surface area contributed by atoms with Crippen molar-refractivity contribution in [2.45, 2.75) is 12.7 Å². The smallest absolute Gasteiger partial charge is 0.439 e. The van der Waals surface area contributed by atoms with Crippen LogP contribution in [-0.4, -0.2) is 24.9 Å². The van der Waals surface area contributed by atoms with E-state index in [0.29, 0.717) is 11.2 Å². The number of aromatic amines is 1. The van der Waals surface area contributed by atoms with Gasteiger partial charge in [-0.2, -0.15) is 23.1 Å². The van der Waals surface area contributed by atoms with Crippen LogP contribution < -0.4 is 5.32 Å². The number of alkyl halides is 3. The van der Waals surface area contributed by atoms with Crippen molar-refractivity contribution >= 4 is 28.6 Å². The van der Waals surface area contributed by atoms with Gasteiger partial charge in [-0.25, -0.2) is 9.97 Å². The summed E-state index contributed by atoms with van der Waals surface area (Å²) in [4.78, 5) is 18.0. The zero-order valence-electron chi connectivity index (χ0n) is 10.1. The highest BCUT2D eigenvalue weighted by molar-refractivity contribution is 6.28. The van der Waals surface area contributed by atoms with E-state index in [1.54, 1.807) is 0 Å². The monoisotopic (exact) mass is 318 g/mol. The molecule has 0 atom stereocenters. The standard InChI is InChI=1S/C10H6ClF3N6O/c11-9-19-7(5-8(20-9)17-2-16-5)15-1-4-6(10(12,13)14)21-3-18-4/h2-3H,1H2,(H2,15,16,17,19,20). The number of nitrogens with one attached hydrogen (secondary N) is 2. The highest BCUT2D eigenvalue weighted by atomic mass is 35.5. The number of hydrogen-bond acceptors (Lipinski definition) is 6. The zero-order chi connectivity index (χ0) is 15.0. The van der Waals surface area contributed by atoms with Gasteiger partial charge in [-0.1, -0.05) is 0 Å². The molecule has 3 heterocycles. The number of imidazole rings is 1. The summed E-state index contributed by atoms with van der Waals surface area (Å²) >= 11 is 5.71. The van der Waals surface area contributed by atoms with Crippen LogP contribution in [0.4, 0.5) is 19.0 Å². The minimum absolute atomic E-state index is 0.0757. The second-order valence-electron chi connectivity index (χ2n) is 3.92. The van der Waals surface area contributed by atoms with E-state index in [-0.39, 0.29) is 23.3 Å². The first-order valence-corrected chi connectivity index (χ1v) is 5.93. The molecule has 3 rings (SSSR count). The maximum Gasteiger partial charge on any atom is 0.451 e. The molecular weight excluding hydrogens is 313 g/mol. The fourth-order valence-electron chi connectivity index (χ4n) is 1.73. The molecule has 0 saturated carbocycles. The molecule has 11 heteroatoms. The lowest BCUT2D eigenvalue weighted by atomic mass is 10.3. The van der Waals surface area contributed by atoms with Crippen LogP contribution in [0.15, 0.2) is 17.1 Å². The molecule has 0 saturated heterocycles. The van der Waals surface area contributed by atoms with E-state index in [2.05, 4.69) is 34.7 Å². The Kier molecular flexibility index (Phi) is 3.16. The second kappa shape index (κ2) is 4.88. The third kappa shape index (κ3) is 2.61. The van der Waals surface area contributed by atoms with Crippen LogP contribution in [0.3, 0.4) is 0 Å². The summed E-state index contributed by atoms with van der Waals surface area (Å²) in [5, 5.41) is 2.62. The fraction of sp³-hybridized carbons (Fsp3) is 0.200. The van der Waals surface area contributed by atoms with E-state index in [9.17, 15) is 13.2 Å². The van der Waals surface area contributed by atoms with Crippen LogP contribution >= 0.6 is 11.6 Å². The van der Waals surface area contributed by atoms with E-state index in [1.165, 1.54) is 6.33 Å². The molecule has 2 N–H and O–H groups in total. The van der Waals surface area contributed by atoms with Gasteiger partial charge in [-0.15, -0.1) is 0 Å². The number of H-pyrrole nitrogens is 1. The highest BCUT2D eigenvalue weighted by Gasteiger charge is 2.38. The quantitative estimate of drug-likeness (QED) is 0.721. The molecule has 0 spiro atoms. The number of anilines is 1. The minimum Gasteiger partial charge on any atom is -0.439 e. The van der Waals surface area contributed by atoms with E-state index in [4.69, 9.17) is 11.6 Å². The molecule has 21 heavy (non-hydrogen) atoms. The molecule has 7 nitrogen and oxygen atoms in total. The van der Waals surface area contributed by atoms with Crippen LogP contribution in [0.25, 0.3) is 11.2 Å². The van der Waals surface area contributed by atoms with Gasteiger partial charge in [0.1, 0.15) is 11.2 Å². The van der Waals surface area contributed by atoms with Gasteiger partial charge in [0.05, 0.1) is 12.9 Å². The Morgan fingerprint density at radius 3 is 2.86 bits per heavy atom. The zero-order valence-corrected chi connectivity index (χ0v) is 10.8. The van der Waals surface area contributed by atoms with Gasteiger partial charge in [0.2, 0.25) is 11.0 Å². The van der Waals surface area contributed by atoms with Crippen molar-refractivity contribution in [3.8, 4) is 0 Å². The van der Waals surface area contributed by atoms with Crippen molar-refractivity contribution in [3.63, 3.8) is 0 Å². The van der Waals surface area contributed by atoms with Crippen molar-refractivity contribution < 1.29 is 17.6 Å². The van der Waals surface area contributed by atoms with Crippen LogP contribution in [0, 0.1) is 0 Å². The number of oxazole rings is 1. The SMILES string of the molecule is FC(F)(F)c1ocnc1CNc1nc(Cl)nc2nc[nH]c12. The van der Waals surface area contributed by atoms with Crippen LogP contribution in [0.5, 0.6) is 0 Å². The molecule has 110 valence electrons. The lowest BCUT2D eigenvalue weighted by Crippen LogP contribution is -2.11. The Hall–Kier alpha value is -2.36. The largest absolute Gasteiger partial charge is 0.451 e. The average Bonchev–Trinajstić information content (AvgIpc) is 3.02. The summed E-state index contributed by atoms with van der Waals surface area (Å²) in [5.74, 6) is -0.936. The average molecular weight is 319 g/mol. The Labute approximate surface area is 119 Å². The molecule has 0 aromatic carbocycles. The van der Waals surface area contributed by atoms with Gasteiger partial charge in [0.25, 0.3) is 0 Å². The third-order valence-corrected chi connectivity index (χ3v) is 2.75. The molecule has 0 fully saturated rings. The van der Waals surface area contributed by atoms with Crippen molar-refractivity contribution in [3.05, 3.63) is 29.5 Å². The first-order valence-electron chi connectivity index (χ1n) is 5.55. The number of halogens is 4. The number of aromatic nitrogens is 5. The lowest BCUT2D eigenvalue weighted by molar-refractivity contribution is -0.153. The number of fused-ring (bicyclic) bond motifs is 1. The highest BCUT2D eigenvalue weighted by Crippen LogP contribution is 2.32. The van der Waals surface area contributed by atoms with Crippen molar-refractivity contribution in [2.24, 2.45) is 0 Å². The van der Waals surface area contributed by atoms with Gasteiger partial charge in [0.15, 0.2) is 17.9 Å². The molecule has 0 unspecified atom stereocenters. The van der Waals surface area contributed by atoms with Crippen molar-refractivity contribution in [1.82, 2.24) is 24.9 Å².